The first-order valence-electron chi connectivity index (χ1n) is 8.78. The molecular weight excluding hydrogens is 344 g/mol. The fourth-order valence-corrected chi connectivity index (χ4v) is 2.83. The number of hydrogen-bond acceptors (Lipinski definition) is 6. The number of aryl methyl sites for hydroxylation is 3. The zero-order chi connectivity index (χ0) is 19.4. The highest BCUT2D eigenvalue weighted by molar-refractivity contribution is 6.05. The number of anilines is 1. The van der Waals surface area contributed by atoms with E-state index < -0.39 is 0 Å². The zero-order valence-electron chi connectivity index (χ0n) is 15.9. The van der Waals surface area contributed by atoms with Gasteiger partial charge in [-0.05, 0) is 50.1 Å². The number of aromatic nitrogens is 3. The van der Waals surface area contributed by atoms with Crippen molar-refractivity contribution in [1.29, 1.82) is 0 Å². The molecule has 0 fully saturated rings. The molecule has 0 saturated heterocycles. The van der Waals surface area contributed by atoms with E-state index in [4.69, 9.17) is 9.26 Å². The first-order chi connectivity index (χ1) is 13.0. The quantitative estimate of drug-likeness (QED) is 0.710. The minimum absolute atomic E-state index is 0.287. The lowest BCUT2D eigenvalue weighted by Gasteiger charge is -2.12. The predicted octanol–water partition coefficient (Wildman–Crippen LogP) is 3.96. The van der Waals surface area contributed by atoms with Gasteiger partial charge in [0.1, 0.15) is 11.6 Å². The van der Waals surface area contributed by atoms with E-state index in [0.717, 1.165) is 17.7 Å². The molecule has 3 aromatic rings. The van der Waals surface area contributed by atoms with Gasteiger partial charge in [-0.2, -0.15) is 4.98 Å². The van der Waals surface area contributed by atoms with E-state index in [1.807, 2.05) is 26.8 Å². The van der Waals surface area contributed by atoms with Crippen LogP contribution in [0.25, 0.3) is 11.4 Å². The van der Waals surface area contributed by atoms with Crippen molar-refractivity contribution in [3.8, 4) is 17.1 Å². The summed E-state index contributed by atoms with van der Waals surface area (Å²) >= 11 is 0. The monoisotopic (exact) mass is 366 g/mol. The van der Waals surface area contributed by atoms with Crippen LogP contribution in [0.15, 0.2) is 34.9 Å². The van der Waals surface area contributed by atoms with Gasteiger partial charge in [0.05, 0.1) is 12.7 Å². The molecule has 0 aliphatic carbocycles. The van der Waals surface area contributed by atoms with E-state index in [9.17, 15) is 4.79 Å². The SMILES string of the molecule is CCCc1nc(-c2c(C)cc(C)nc2NC(=O)c2cccc(OC)c2)no1. The standard InChI is InChI=1S/C20H22N4O3/c1-5-7-16-22-19(24-27-16)17-12(2)10-13(3)21-18(17)23-20(25)14-8-6-9-15(11-14)26-4/h6,8-11H,5,7H2,1-4H3,(H,21,23,25). The number of pyridine rings is 1. The van der Waals surface area contributed by atoms with Crippen LogP contribution in [0.1, 0.15) is 40.9 Å². The van der Waals surface area contributed by atoms with E-state index in [1.54, 1.807) is 31.4 Å². The Morgan fingerprint density at radius 1 is 1.22 bits per heavy atom. The van der Waals surface area contributed by atoms with Gasteiger partial charge in [-0.15, -0.1) is 0 Å². The minimum atomic E-state index is -0.287. The molecule has 1 amide bonds. The topological polar surface area (TPSA) is 90.1 Å². The molecule has 27 heavy (non-hydrogen) atoms. The van der Waals surface area contributed by atoms with Crippen LogP contribution in [-0.4, -0.2) is 28.1 Å². The number of benzene rings is 1. The van der Waals surface area contributed by atoms with Crippen LogP contribution in [-0.2, 0) is 6.42 Å². The van der Waals surface area contributed by atoms with Gasteiger partial charge >= 0.3 is 0 Å². The van der Waals surface area contributed by atoms with Gasteiger partial charge in [0.15, 0.2) is 0 Å². The van der Waals surface area contributed by atoms with Crippen LogP contribution < -0.4 is 10.1 Å². The van der Waals surface area contributed by atoms with Crippen molar-refractivity contribution in [1.82, 2.24) is 15.1 Å². The lowest BCUT2D eigenvalue weighted by molar-refractivity contribution is 0.102. The summed E-state index contributed by atoms with van der Waals surface area (Å²) in [6, 6.07) is 8.86. The van der Waals surface area contributed by atoms with Crippen molar-refractivity contribution in [2.75, 3.05) is 12.4 Å². The molecule has 0 spiro atoms. The molecule has 0 saturated carbocycles. The van der Waals surface area contributed by atoms with E-state index in [-0.39, 0.29) is 5.91 Å². The van der Waals surface area contributed by atoms with Crippen LogP contribution >= 0.6 is 0 Å². The maximum Gasteiger partial charge on any atom is 0.256 e. The first kappa shape index (κ1) is 18.6. The second-order valence-corrected chi connectivity index (χ2v) is 6.25. The number of nitrogens with zero attached hydrogens (tertiary/aromatic N) is 3. The molecule has 2 aromatic heterocycles. The van der Waals surface area contributed by atoms with Gasteiger partial charge in [0.2, 0.25) is 11.7 Å². The van der Waals surface area contributed by atoms with Crippen molar-refractivity contribution in [2.45, 2.75) is 33.6 Å². The summed E-state index contributed by atoms with van der Waals surface area (Å²) in [6.07, 6.45) is 1.61. The number of nitrogens with one attached hydrogen (secondary N) is 1. The van der Waals surface area contributed by atoms with Gasteiger partial charge in [-0.1, -0.05) is 18.1 Å². The van der Waals surface area contributed by atoms with Crippen LogP contribution in [0.4, 0.5) is 5.82 Å². The fourth-order valence-electron chi connectivity index (χ4n) is 2.83. The third kappa shape index (κ3) is 4.13. The second kappa shape index (κ2) is 7.99. The van der Waals surface area contributed by atoms with Crippen molar-refractivity contribution >= 4 is 11.7 Å². The summed E-state index contributed by atoms with van der Waals surface area (Å²) in [7, 11) is 1.56. The number of amides is 1. The summed E-state index contributed by atoms with van der Waals surface area (Å²) < 4.78 is 10.5. The van der Waals surface area contributed by atoms with Crippen LogP contribution in [0.2, 0.25) is 0 Å². The lowest BCUT2D eigenvalue weighted by Crippen LogP contribution is -2.15. The Bertz CT molecular complexity index is 966. The Hall–Kier alpha value is -3.22. The Balaban J connectivity index is 1.97. The summed E-state index contributed by atoms with van der Waals surface area (Å²) in [6.45, 7) is 5.85. The molecule has 0 unspecified atom stereocenters. The Labute approximate surface area is 157 Å². The Morgan fingerprint density at radius 2 is 2.04 bits per heavy atom. The molecule has 7 nitrogen and oxygen atoms in total. The van der Waals surface area contributed by atoms with E-state index in [1.165, 1.54) is 0 Å². The number of rotatable bonds is 6. The smallest absolute Gasteiger partial charge is 0.256 e. The number of methoxy groups -OCH3 is 1. The van der Waals surface area contributed by atoms with Crippen LogP contribution in [0, 0.1) is 13.8 Å². The van der Waals surface area contributed by atoms with E-state index >= 15 is 0 Å². The molecule has 140 valence electrons. The molecule has 3 rings (SSSR count). The molecule has 0 atom stereocenters. The van der Waals surface area contributed by atoms with Crippen molar-refractivity contribution in [2.24, 2.45) is 0 Å². The van der Waals surface area contributed by atoms with Gasteiger partial charge in [0, 0.05) is 17.7 Å². The summed E-state index contributed by atoms with van der Waals surface area (Å²) in [5, 5.41) is 6.94. The molecule has 1 aromatic carbocycles. The minimum Gasteiger partial charge on any atom is -0.497 e. The summed E-state index contributed by atoms with van der Waals surface area (Å²) in [4.78, 5) is 21.7. The average Bonchev–Trinajstić information content (AvgIpc) is 3.09. The molecular formula is C20H22N4O3. The highest BCUT2D eigenvalue weighted by Gasteiger charge is 2.19. The molecule has 1 N–H and O–H groups in total. The van der Waals surface area contributed by atoms with E-state index in [2.05, 4.69) is 20.4 Å². The van der Waals surface area contributed by atoms with E-state index in [0.29, 0.717) is 40.8 Å². The summed E-state index contributed by atoms with van der Waals surface area (Å²) in [5.74, 6) is 1.72. The van der Waals surface area contributed by atoms with Crippen LogP contribution in [0.5, 0.6) is 5.75 Å². The number of carbonyl (C=O) groups is 1. The highest BCUT2D eigenvalue weighted by Crippen LogP contribution is 2.29. The number of carbonyl (C=O) groups excluding carboxylic acids is 1. The van der Waals surface area contributed by atoms with Crippen molar-refractivity contribution in [3.63, 3.8) is 0 Å². The summed E-state index contributed by atoms with van der Waals surface area (Å²) in [5.41, 5.74) is 2.82. The maximum atomic E-state index is 12.7. The second-order valence-electron chi connectivity index (χ2n) is 6.25. The molecule has 2 heterocycles. The number of ether oxygens (including phenoxy) is 1. The maximum absolute atomic E-state index is 12.7. The zero-order valence-corrected chi connectivity index (χ0v) is 15.9. The molecule has 0 bridgehead atoms. The van der Waals surface area contributed by atoms with Crippen molar-refractivity contribution in [3.05, 3.63) is 53.0 Å². The first-order valence-corrected chi connectivity index (χ1v) is 8.78. The third-order valence-electron chi connectivity index (χ3n) is 4.06. The number of hydrogen-bond donors (Lipinski definition) is 1. The normalized spacial score (nSPS) is 10.7. The predicted molar refractivity (Wildman–Crippen MR) is 102 cm³/mol. The van der Waals surface area contributed by atoms with Gasteiger partial charge in [-0.25, -0.2) is 4.98 Å². The molecule has 0 aliphatic rings. The fraction of sp³-hybridized carbons (Fsp3) is 0.300. The Kier molecular flexibility index (Phi) is 5.49. The highest BCUT2D eigenvalue weighted by atomic mass is 16.5. The van der Waals surface area contributed by atoms with Crippen LogP contribution in [0.3, 0.4) is 0 Å². The van der Waals surface area contributed by atoms with Crippen molar-refractivity contribution < 1.29 is 14.1 Å². The lowest BCUT2D eigenvalue weighted by atomic mass is 10.1. The molecule has 7 heteroatoms. The largest absolute Gasteiger partial charge is 0.497 e. The molecule has 0 aliphatic heterocycles. The van der Waals surface area contributed by atoms with Gasteiger partial charge < -0.3 is 14.6 Å². The third-order valence-corrected chi connectivity index (χ3v) is 4.06. The average molecular weight is 366 g/mol. The van der Waals surface area contributed by atoms with Gasteiger partial charge in [-0.3, -0.25) is 4.79 Å². The molecule has 0 radical (unpaired) electrons. The Morgan fingerprint density at radius 3 is 2.78 bits per heavy atom. The van der Waals surface area contributed by atoms with Gasteiger partial charge in [0.25, 0.3) is 5.91 Å².